The summed E-state index contributed by atoms with van der Waals surface area (Å²) in [5.41, 5.74) is 2.99. The van der Waals surface area contributed by atoms with Crippen LogP contribution in [-0.4, -0.2) is 25.3 Å². The second kappa shape index (κ2) is 5.92. The topological polar surface area (TPSA) is 79.0 Å². The summed E-state index contributed by atoms with van der Waals surface area (Å²) in [5.74, 6) is 0.0300. The van der Waals surface area contributed by atoms with Crippen molar-refractivity contribution in [3.05, 3.63) is 51.7 Å². The van der Waals surface area contributed by atoms with E-state index in [1.165, 1.54) is 21.8 Å². The highest BCUT2D eigenvalue weighted by molar-refractivity contribution is 5.75. The van der Waals surface area contributed by atoms with Gasteiger partial charge in [-0.05, 0) is 37.5 Å². The molecule has 0 saturated heterocycles. The van der Waals surface area contributed by atoms with Crippen LogP contribution in [0.5, 0.6) is 5.75 Å². The molecule has 0 atom stereocenters. The number of fused-ring (bicyclic) bond motifs is 1. The number of hydrogen-bond acceptors (Lipinski definition) is 5. The Balaban J connectivity index is 1.87. The van der Waals surface area contributed by atoms with Crippen LogP contribution in [0.2, 0.25) is 0 Å². The van der Waals surface area contributed by atoms with Crippen LogP contribution in [0.1, 0.15) is 16.7 Å². The van der Waals surface area contributed by atoms with Gasteiger partial charge in [-0.3, -0.25) is 14.0 Å². The number of benzene rings is 1. The molecule has 1 aromatic carbocycles. The second-order valence-electron chi connectivity index (χ2n) is 5.81. The van der Waals surface area contributed by atoms with E-state index in [0.717, 1.165) is 16.7 Å². The zero-order chi connectivity index (χ0) is 17.4. The van der Waals surface area contributed by atoms with Crippen molar-refractivity contribution in [1.29, 1.82) is 0 Å². The summed E-state index contributed by atoms with van der Waals surface area (Å²) >= 11 is 0. The first-order chi connectivity index (χ1) is 11.4. The van der Waals surface area contributed by atoms with Crippen molar-refractivity contribution < 1.29 is 9.53 Å². The molecule has 2 heterocycles. The fourth-order valence-corrected chi connectivity index (χ4v) is 2.55. The predicted molar refractivity (Wildman–Crippen MR) is 89.1 cm³/mol. The summed E-state index contributed by atoms with van der Waals surface area (Å²) in [7, 11) is 1.71. The Kier molecular flexibility index (Phi) is 3.92. The maximum Gasteiger partial charge on any atom is 0.331 e. The molecule has 124 valence electrons. The molecule has 0 radical (unpaired) electrons. The van der Waals surface area contributed by atoms with Crippen molar-refractivity contribution in [2.45, 2.75) is 27.3 Å². The van der Waals surface area contributed by atoms with Crippen LogP contribution >= 0.6 is 0 Å². The molecule has 0 N–H and O–H groups in total. The minimum atomic E-state index is -0.515. The SMILES string of the molecule is Cc1ccc(C)c(OC(=O)Cn2cnc3c(cnn3C)c2=O)c1C. The molecule has 7 heteroatoms. The lowest BCUT2D eigenvalue weighted by atomic mass is 10.1. The highest BCUT2D eigenvalue weighted by Crippen LogP contribution is 2.25. The number of ether oxygens (including phenoxy) is 1. The van der Waals surface area contributed by atoms with Crippen LogP contribution in [0, 0.1) is 20.8 Å². The van der Waals surface area contributed by atoms with E-state index in [0.29, 0.717) is 16.8 Å². The largest absolute Gasteiger partial charge is 0.425 e. The quantitative estimate of drug-likeness (QED) is 0.540. The van der Waals surface area contributed by atoms with Crippen molar-refractivity contribution >= 4 is 17.0 Å². The predicted octanol–water partition coefficient (Wildman–Crippen LogP) is 1.66. The minimum Gasteiger partial charge on any atom is -0.425 e. The monoisotopic (exact) mass is 326 g/mol. The molecule has 7 nitrogen and oxygen atoms in total. The van der Waals surface area contributed by atoms with Crippen molar-refractivity contribution in [1.82, 2.24) is 19.3 Å². The number of carbonyl (C=O) groups is 1. The Labute approximate surface area is 138 Å². The van der Waals surface area contributed by atoms with Gasteiger partial charge < -0.3 is 4.74 Å². The van der Waals surface area contributed by atoms with Crippen molar-refractivity contribution in [2.75, 3.05) is 0 Å². The van der Waals surface area contributed by atoms with Crippen LogP contribution in [-0.2, 0) is 18.4 Å². The third-order valence-electron chi connectivity index (χ3n) is 4.11. The second-order valence-corrected chi connectivity index (χ2v) is 5.81. The number of esters is 1. The van der Waals surface area contributed by atoms with Gasteiger partial charge in [-0.15, -0.1) is 0 Å². The first-order valence-corrected chi connectivity index (χ1v) is 7.53. The number of carbonyl (C=O) groups excluding carboxylic acids is 1. The molecule has 0 aliphatic rings. The lowest BCUT2D eigenvalue weighted by molar-refractivity contribution is -0.135. The van der Waals surface area contributed by atoms with Crippen LogP contribution in [0.25, 0.3) is 11.0 Å². The fourth-order valence-electron chi connectivity index (χ4n) is 2.55. The molecule has 24 heavy (non-hydrogen) atoms. The van der Waals surface area contributed by atoms with E-state index < -0.39 is 5.97 Å². The zero-order valence-corrected chi connectivity index (χ0v) is 14.0. The summed E-state index contributed by atoms with van der Waals surface area (Å²) in [6.45, 7) is 5.53. The molecule has 0 aliphatic carbocycles. The smallest absolute Gasteiger partial charge is 0.331 e. The van der Waals surface area contributed by atoms with E-state index in [9.17, 15) is 9.59 Å². The lowest BCUT2D eigenvalue weighted by Gasteiger charge is -2.13. The van der Waals surface area contributed by atoms with Gasteiger partial charge in [0.05, 0.1) is 6.20 Å². The lowest BCUT2D eigenvalue weighted by Crippen LogP contribution is -2.27. The van der Waals surface area contributed by atoms with E-state index in [1.54, 1.807) is 7.05 Å². The van der Waals surface area contributed by atoms with E-state index in [4.69, 9.17) is 4.74 Å². The maximum absolute atomic E-state index is 12.4. The third kappa shape index (κ3) is 2.68. The highest BCUT2D eigenvalue weighted by Gasteiger charge is 2.15. The first-order valence-electron chi connectivity index (χ1n) is 7.53. The van der Waals surface area contributed by atoms with Crippen LogP contribution in [0.3, 0.4) is 0 Å². The number of hydrogen-bond donors (Lipinski definition) is 0. The molecule has 2 aromatic heterocycles. The fraction of sp³-hybridized carbons (Fsp3) is 0.294. The number of aryl methyl sites for hydroxylation is 3. The first kappa shape index (κ1) is 15.9. The molecule has 0 aliphatic heterocycles. The molecule has 3 aromatic rings. The summed E-state index contributed by atoms with van der Waals surface area (Å²) in [6, 6.07) is 3.88. The molecular formula is C17H18N4O3. The average molecular weight is 326 g/mol. The molecular weight excluding hydrogens is 308 g/mol. The number of aromatic nitrogens is 4. The Hall–Kier alpha value is -2.96. The van der Waals surface area contributed by atoms with Gasteiger partial charge in [0, 0.05) is 7.05 Å². The van der Waals surface area contributed by atoms with Crippen LogP contribution < -0.4 is 10.3 Å². The summed E-state index contributed by atoms with van der Waals surface area (Å²) in [6.07, 6.45) is 2.78. The maximum atomic E-state index is 12.4. The van der Waals surface area contributed by atoms with Gasteiger partial charge in [0.2, 0.25) is 0 Å². The van der Waals surface area contributed by atoms with Gasteiger partial charge in [-0.25, -0.2) is 9.78 Å². The third-order valence-corrected chi connectivity index (χ3v) is 4.11. The highest BCUT2D eigenvalue weighted by atomic mass is 16.5. The summed E-state index contributed by atoms with van der Waals surface area (Å²) in [4.78, 5) is 28.8. The molecule has 3 rings (SSSR count). The molecule has 0 fully saturated rings. The van der Waals surface area contributed by atoms with Gasteiger partial charge >= 0.3 is 5.97 Å². The van der Waals surface area contributed by atoms with Crippen LogP contribution in [0.4, 0.5) is 0 Å². The van der Waals surface area contributed by atoms with E-state index in [1.807, 2.05) is 32.9 Å². The van der Waals surface area contributed by atoms with Crippen molar-refractivity contribution in [3.63, 3.8) is 0 Å². The summed E-state index contributed by atoms with van der Waals surface area (Å²) < 4.78 is 8.23. The molecule has 0 amide bonds. The molecule has 0 spiro atoms. The standard InChI is InChI=1S/C17H18N4O3/c1-10-5-6-11(2)15(12(10)3)24-14(22)8-21-9-18-16-13(17(21)23)7-19-20(16)4/h5-7,9H,8H2,1-4H3. The Morgan fingerprint density at radius 3 is 2.67 bits per heavy atom. The number of rotatable bonds is 3. The Bertz CT molecular complexity index is 1000. The Morgan fingerprint density at radius 1 is 1.21 bits per heavy atom. The number of nitrogens with zero attached hydrogens (tertiary/aromatic N) is 4. The normalized spacial score (nSPS) is 11.0. The van der Waals surface area contributed by atoms with E-state index in [-0.39, 0.29) is 12.1 Å². The van der Waals surface area contributed by atoms with E-state index in [2.05, 4.69) is 10.1 Å². The zero-order valence-electron chi connectivity index (χ0n) is 14.0. The van der Waals surface area contributed by atoms with Crippen molar-refractivity contribution in [2.24, 2.45) is 7.05 Å². The van der Waals surface area contributed by atoms with Gasteiger partial charge in [-0.1, -0.05) is 12.1 Å². The molecule has 0 unspecified atom stereocenters. The Morgan fingerprint density at radius 2 is 1.92 bits per heavy atom. The van der Waals surface area contributed by atoms with Gasteiger partial charge in [-0.2, -0.15) is 5.10 Å². The van der Waals surface area contributed by atoms with Crippen LogP contribution in [0.15, 0.2) is 29.5 Å². The summed E-state index contributed by atoms with van der Waals surface area (Å²) in [5, 5.41) is 4.37. The van der Waals surface area contributed by atoms with Crippen molar-refractivity contribution in [3.8, 4) is 5.75 Å². The molecule has 0 bridgehead atoms. The van der Waals surface area contributed by atoms with E-state index >= 15 is 0 Å². The average Bonchev–Trinajstić information content (AvgIpc) is 2.92. The van der Waals surface area contributed by atoms with Gasteiger partial charge in [0.1, 0.15) is 24.0 Å². The molecule has 0 saturated carbocycles. The van der Waals surface area contributed by atoms with Gasteiger partial charge in [0.25, 0.3) is 5.56 Å². The van der Waals surface area contributed by atoms with Gasteiger partial charge in [0.15, 0.2) is 5.65 Å². The minimum absolute atomic E-state index is 0.205.